The fourth-order valence-corrected chi connectivity index (χ4v) is 3.35. The summed E-state index contributed by atoms with van der Waals surface area (Å²) in [6.07, 6.45) is 4.06. The lowest BCUT2D eigenvalue weighted by Crippen LogP contribution is -2.52. The van der Waals surface area contributed by atoms with Crippen molar-refractivity contribution in [2.45, 2.75) is 25.4 Å². The number of hydrogen-bond acceptors (Lipinski definition) is 4. The molecule has 6 heteroatoms. The Kier molecular flexibility index (Phi) is 5.70. The molecule has 23 heavy (non-hydrogen) atoms. The first kappa shape index (κ1) is 16.5. The van der Waals surface area contributed by atoms with Gasteiger partial charge in [-0.1, -0.05) is 0 Å². The number of aromatic nitrogens is 1. The number of nitrogens with zero attached hydrogens (tertiary/aromatic N) is 3. The average molecular weight is 320 g/mol. The number of aryl methyl sites for hydroxylation is 1. The molecule has 0 aromatic carbocycles. The van der Waals surface area contributed by atoms with Crippen LogP contribution in [0.3, 0.4) is 0 Å². The first-order chi connectivity index (χ1) is 11.2. The molecule has 0 unspecified atom stereocenters. The van der Waals surface area contributed by atoms with Crippen molar-refractivity contribution < 1.29 is 9.53 Å². The third-order valence-corrected chi connectivity index (χ3v) is 4.90. The molecule has 1 atom stereocenters. The van der Waals surface area contributed by atoms with Crippen molar-refractivity contribution in [2.75, 3.05) is 45.9 Å². The molecule has 3 heterocycles. The van der Waals surface area contributed by atoms with E-state index < -0.39 is 0 Å². The van der Waals surface area contributed by atoms with Crippen molar-refractivity contribution >= 4 is 5.91 Å². The summed E-state index contributed by atoms with van der Waals surface area (Å²) in [5.41, 5.74) is 1.21. The van der Waals surface area contributed by atoms with Gasteiger partial charge in [-0.15, -0.1) is 0 Å². The second kappa shape index (κ2) is 7.95. The Hall–Kier alpha value is -1.37. The third kappa shape index (κ3) is 4.34. The van der Waals surface area contributed by atoms with Gasteiger partial charge < -0.3 is 19.5 Å². The van der Waals surface area contributed by atoms with E-state index >= 15 is 0 Å². The number of amides is 1. The van der Waals surface area contributed by atoms with Gasteiger partial charge in [0, 0.05) is 58.2 Å². The molecule has 1 aromatic heterocycles. The molecule has 0 radical (unpaired) electrons. The van der Waals surface area contributed by atoms with Gasteiger partial charge in [0.25, 0.3) is 0 Å². The highest BCUT2D eigenvalue weighted by molar-refractivity contribution is 5.82. The summed E-state index contributed by atoms with van der Waals surface area (Å²) in [5.74, 6) is 0.263. The van der Waals surface area contributed by atoms with Crippen molar-refractivity contribution in [3.63, 3.8) is 0 Å². The molecule has 0 spiro atoms. The van der Waals surface area contributed by atoms with Gasteiger partial charge in [-0.05, 0) is 25.0 Å². The Morgan fingerprint density at radius 2 is 2.09 bits per heavy atom. The second-order valence-corrected chi connectivity index (χ2v) is 6.47. The Balaban J connectivity index is 1.46. The molecule has 3 rings (SSSR count). The zero-order valence-electron chi connectivity index (χ0n) is 14.0. The Bertz CT molecular complexity index is 510. The number of rotatable bonds is 6. The van der Waals surface area contributed by atoms with Crippen LogP contribution < -0.4 is 5.32 Å². The number of carbonyl (C=O) groups is 1. The zero-order chi connectivity index (χ0) is 16.1. The van der Waals surface area contributed by atoms with Gasteiger partial charge in [-0.2, -0.15) is 0 Å². The molecule has 1 aromatic rings. The van der Waals surface area contributed by atoms with E-state index in [-0.39, 0.29) is 11.9 Å². The molecule has 0 aliphatic carbocycles. The molecule has 2 aliphatic rings. The lowest BCUT2D eigenvalue weighted by molar-refractivity contribution is -0.136. The van der Waals surface area contributed by atoms with Crippen molar-refractivity contribution in [3.8, 4) is 0 Å². The van der Waals surface area contributed by atoms with Crippen LogP contribution in [-0.4, -0.2) is 72.3 Å². The normalized spacial score (nSPS) is 23.4. The van der Waals surface area contributed by atoms with Crippen LogP contribution >= 0.6 is 0 Å². The maximum absolute atomic E-state index is 12.7. The van der Waals surface area contributed by atoms with Crippen molar-refractivity contribution in [1.82, 2.24) is 19.7 Å². The van der Waals surface area contributed by atoms with E-state index in [0.29, 0.717) is 0 Å². The predicted octanol–water partition coefficient (Wildman–Crippen LogP) is 0.438. The summed E-state index contributed by atoms with van der Waals surface area (Å²) in [6, 6.07) is 4.09. The van der Waals surface area contributed by atoms with Gasteiger partial charge in [0.2, 0.25) is 5.91 Å². The minimum atomic E-state index is -0.0386. The molecule has 2 fully saturated rings. The van der Waals surface area contributed by atoms with Crippen LogP contribution in [0.5, 0.6) is 0 Å². The van der Waals surface area contributed by atoms with Crippen LogP contribution in [0.2, 0.25) is 0 Å². The zero-order valence-corrected chi connectivity index (χ0v) is 14.0. The van der Waals surface area contributed by atoms with Gasteiger partial charge >= 0.3 is 0 Å². The molecular formula is C17H28N4O2. The topological polar surface area (TPSA) is 49.7 Å². The number of piperidine rings is 1. The predicted molar refractivity (Wildman–Crippen MR) is 89.1 cm³/mol. The molecule has 2 saturated heterocycles. The maximum Gasteiger partial charge on any atom is 0.239 e. The Labute approximate surface area is 138 Å². The third-order valence-electron chi connectivity index (χ3n) is 4.90. The molecule has 128 valence electrons. The summed E-state index contributed by atoms with van der Waals surface area (Å²) in [7, 11) is 2.04. The molecular weight excluding hydrogens is 292 g/mol. The van der Waals surface area contributed by atoms with Crippen LogP contribution in [0, 0.1) is 0 Å². The number of nitrogens with one attached hydrogen (secondary N) is 1. The summed E-state index contributed by atoms with van der Waals surface area (Å²) in [5, 5.41) is 3.44. The molecule has 0 bridgehead atoms. The van der Waals surface area contributed by atoms with E-state index in [1.807, 2.05) is 24.2 Å². The highest BCUT2D eigenvalue weighted by Gasteiger charge is 2.28. The highest BCUT2D eigenvalue weighted by Crippen LogP contribution is 2.13. The summed E-state index contributed by atoms with van der Waals surface area (Å²) < 4.78 is 7.47. The first-order valence-corrected chi connectivity index (χ1v) is 8.66. The Morgan fingerprint density at radius 3 is 2.83 bits per heavy atom. The minimum Gasteiger partial charge on any atom is -0.379 e. The molecule has 2 aliphatic heterocycles. The first-order valence-electron chi connectivity index (χ1n) is 8.66. The minimum absolute atomic E-state index is 0.0386. The van der Waals surface area contributed by atoms with Gasteiger partial charge in [-0.25, -0.2) is 0 Å². The molecule has 6 nitrogen and oxygen atoms in total. The summed E-state index contributed by atoms with van der Waals surface area (Å²) >= 11 is 0. The van der Waals surface area contributed by atoms with Crippen molar-refractivity contribution in [2.24, 2.45) is 7.05 Å². The average Bonchev–Trinajstić information content (AvgIpc) is 2.99. The van der Waals surface area contributed by atoms with Gasteiger partial charge in [-0.3, -0.25) is 9.69 Å². The monoisotopic (exact) mass is 320 g/mol. The van der Waals surface area contributed by atoms with E-state index in [4.69, 9.17) is 4.74 Å². The molecule has 0 saturated carbocycles. The van der Waals surface area contributed by atoms with Crippen LogP contribution in [0.4, 0.5) is 0 Å². The number of carbonyl (C=O) groups excluding carboxylic acids is 1. The van der Waals surface area contributed by atoms with Crippen molar-refractivity contribution in [3.05, 3.63) is 24.0 Å². The van der Waals surface area contributed by atoms with E-state index in [2.05, 4.69) is 20.9 Å². The van der Waals surface area contributed by atoms with E-state index in [9.17, 15) is 4.79 Å². The van der Waals surface area contributed by atoms with E-state index in [0.717, 1.165) is 65.3 Å². The number of hydrogen-bond donors (Lipinski definition) is 1. The highest BCUT2D eigenvalue weighted by atomic mass is 16.5. The van der Waals surface area contributed by atoms with Gasteiger partial charge in [0.1, 0.15) is 0 Å². The van der Waals surface area contributed by atoms with E-state index in [1.165, 1.54) is 5.69 Å². The van der Waals surface area contributed by atoms with Gasteiger partial charge in [0.15, 0.2) is 0 Å². The van der Waals surface area contributed by atoms with Crippen LogP contribution in [0.1, 0.15) is 18.5 Å². The van der Waals surface area contributed by atoms with E-state index in [1.54, 1.807) is 0 Å². The van der Waals surface area contributed by atoms with Gasteiger partial charge in [0.05, 0.1) is 19.3 Å². The maximum atomic E-state index is 12.7. The fourth-order valence-electron chi connectivity index (χ4n) is 3.35. The SMILES string of the molecule is Cn1cccc1CN[C@H]1CCCN(CCN2CCOCC2)C1=O. The lowest BCUT2D eigenvalue weighted by Gasteiger charge is -2.35. The number of likely N-dealkylation sites (tertiary alicyclic amines) is 1. The smallest absolute Gasteiger partial charge is 0.239 e. The fraction of sp³-hybridized carbons (Fsp3) is 0.706. The standard InChI is InChI=1S/C17H28N4O2/c1-19-6-2-4-15(19)14-18-16-5-3-7-21(17(16)22)9-8-20-10-12-23-13-11-20/h2,4,6,16,18H,3,5,7-14H2,1H3/t16-/m0/s1. The largest absolute Gasteiger partial charge is 0.379 e. The number of ether oxygens (including phenoxy) is 1. The van der Waals surface area contributed by atoms with Crippen molar-refractivity contribution in [1.29, 1.82) is 0 Å². The van der Waals surface area contributed by atoms with Crippen LogP contribution in [-0.2, 0) is 23.1 Å². The quantitative estimate of drug-likeness (QED) is 0.826. The molecule has 1 N–H and O–H groups in total. The summed E-state index contributed by atoms with van der Waals surface area (Å²) in [4.78, 5) is 17.1. The van der Waals surface area contributed by atoms with Crippen LogP contribution in [0.15, 0.2) is 18.3 Å². The summed E-state index contributed by atoms with van der Waals surface area (Å²) in [6.45, 7) is 7.03. The molecule has 1 amide bonds. The van der Waals surface area contributed by atoms with Crippen LogP contribution in [0.25, 0.3) is 0 Å². The second-order valence-electron chi connectivity index (χ2n) is 6.47. The Morgan fingerprint density at radius 1 is 1.26 bits per heavy atom. The lowest BCUT2D eigenvalue weighted by atomic mass is 10.0. The number of morpholine rings is 1.